The summed E-state index contributed by atoms with van der Waals surface area (Å²) in [5, 5.41) is 8.00. The maximum atomic E-state index is 4.26. The van der Waals surface area contributed by atoms with E-state index in [-0.39, 0.29) is 5.54 Å². The van der Waals surface area contributed by atoms with Gasteiger partial charge in [0, 0.05) is 56.6 Å². The summed E-state index contributed by atoms with van der Waals surface area (Å²) in [4.78, 5) is 2.67. The Bertz CT molecular complexity index is 433. The van der Waals surface area contributed by atoms with Crippen molar-refractivity contribution in [2.75, 3.05) is 19.6 Å². The highest BCUT2D eigenvalue weighted by Gasteiger charge is 2.40. The van der Waals surface area contributed by atoms with Crippen LogP contribution in [0.4, 0.5) is 0 Å². The molecule has 4 heteroatoms. The Balaban J connectivity index is 1.61. The Morgan fingerprint density at radius 2 is 2.21 bits per heavy atom. The number of nitrogens with zero attached hydrogens (tertiary/aromatic N) is 3. The summed E-state index contributed by atoms with van der Waals surface area (Å²) in [6.07, 6.45) is 5.84. The number of piperazine rings is 1. The van der Waals surface area contributed by atoms with Crippen LogP contribution in [0.25, 0.3) is 0 Å². The minimum atomic E-state index is 0.268. The van der Waals surface area contributed by atoms with Crippen molar-refractivity contribution in [2.45, 2.75) is 44.7 Å². The second-order valence-corrected chi connectivity index (χ2v) is 6.78. The van der Waals surface area contributed by atoms with Crippen molar-refractivity contribution in [1.29, 1.82) is 0 Å². The van der Waals surface area contributed by atoms with Crippen LogP contribution in [-0.4, -0.2) is 45.9 Å². The van der Waals surface area contributed by atoms with Crippen molar-refractivity contribution in [3.63, 3.8) is 0 Å². The maximum Gasteiger partial charge on any atom is 0.0492 e. The molecule has 3 rings (SSSR count). The summed E-state index contributed by atoms with van der Waals surface area (Å²) in [5.41, 5.74) is 1.60. The van der Waals surface area contributed by atoms with Gasteiger partial charge in [-0.25, -0.2) is 0 Å². The first-order valence-electron chi connectivity index (χ1n) is 7.51. The molecule has 1 saturated heterocycles. The Kier molecular flexibility index (Phi) is 3.39. The zero-order chi connectivity index (χ0) is 13.5. The standard InChI is InChI=1S/C15H26N4/c1-15(2)11-16-14(12-4-5-12)10-19(15)9-7-13-6-8-17-18(13)3/h6,8,12,14,16H,4-5,7,9-11H2,1-3H3. The Morgan fingerprint density at radius 1 is 1.42 bits per heavy atom. The Morgan fingerprint density at radius 3 is 2.84 bits per heavy atom. The minimum Gasteiger partial charge on any atom is -0.311 e. The maximum absolute atomic E-state index is 4.26. The van der Waals surface area contributed by atoms with E-state index < -0.39 is 0 Å². The molecule has 2 fully saturated rings. The van der Waals surface area contributed by atoms with Crippen LogP contribution in [0.15, 0.2) is 12.3 Å². The van der Waals surface area contributed by atoms with E-state index in [0.29, 0.717) is 0 Å². The molecule has 1 aromatic rings. The molecule has 1 saturated carbocycles. The van der Waals surface area contributed by atoms with Gasteiger partial charge in [-0.15, -0.1) is 0 Å². The van der Waals surface area contributed by atoms with Gasteiger partial charge in [-0.2, -0.15) is 5.10 Å². The third-order valence-corrected chi connectivity index (χ3v) is 4.82. The molecule has 0 amide bonds. The Hall–Kier alpha value is -0.870. The summed E-state index contributed by atoms with van der Waals surface area (Å²) in [6.45, 7) is 8.16. The molecule has 0 aromatic carbocycles. The van der Waals surface area contributed by atoms with Crippen molar-refractivity contribution in [3.05, 3.63) is 18.0 Å². The fraction of sp³-hybridized carbons (Fsp3) is 0.800. The number of nitrogens with one attached hydrogen (secondary N) is 1. The summed E-state index contributed by atoms with van der Waals surface area (Å²) in [5.74, 6) is 0.940. The normalized spacial score (nSPS) is 27.6. The lowest BCUT2D eigenvalue weighted by atomic mass is 9.95. The number of hydrogen-bond acceptors (Lipinski definition) is 3. The molecule has 19 heavy (non-hydrogen) atoms. The van der Waals surface area contributed by atoms with Gasteiger partial charge < -0.3 is 5.32 Å². The number of aromatic nitrogens is 2. The lowest BCUT2D eigenvalue weighted by molar-refractivity contribution is 0.0615. The fourth-order valence-corrected chi connectivity index (χ4v) is 3.15. The molecule has 106 valence electrons. The number of aryl methyl sites for hydroxylation is 1. The van der Waals surface area contributed by atoms with Crippen molar-refractivity contribution in [1.82, 2.24) is 20.0 Å². The van der Waals surface area contributed by atoms with Gasteiger partial charge in [0.05, 0.1) is 0 Å². The highest BCUT2D eigenvalue weighted by Crippen LogP contribution is 2.35. The highest BCUT2D eigenvalue weighted by molar-refractivity contribution is 5.03. The van der Waals surface area contributed by atoms with Gasteiger partial charge in [0.2, 0.25) is 0 Å². The quantitative estimate of drug-likeness (QED) is 0.891. The molecule has 0 spiro atoms. The van der Waals surface area contributed by atoms with Crippen LogP contribution >= 0.6 is 0 Å². The van der Waals surface area contributed by atoms with Gasteiger partial charge in [0.1, 0.15) is 0 Å². The SMILES string of the molecule is Cn1nccc1CCN1CC(C2CC2)NCC1(C)C. The monoisotopic (exact) mass is 262 g/mol. The van der Waals surface area contributed by atoms with Gasteiger partial charge in [0.25, 0.3) is 0 Å². The van der Waals surface area contributed by atoms with E-state index in [0.717, 1.165) is 31.5 Å². The lowest BCUT2D eigenvalue weighted by Crippen LogP contribution is -2.62. The van der Waals surface area contributed by atoms with E-state index in [2.05, 4.69) is 35.2 Å². The van der Waals surface area contributed by atoms with Crippen molar-refractivity contribution in [3.8, 4) is 0 Å². The molecule has 1 aliphatic heterocycles. The molecule has 0 bridgehead atoms. The smallest absolute Gasteiger partial charge is 0.0492 e. The zero-order valence-electron chi connectivity index (χ0n) is 12.4. The highest BCUT2D eigenvalue weighted by atomic mass is 15.3. The largest absolute Gasteiger partial charge is 0.311 e. The average Bonchev–Trinajstić information content (AvgIpc) is 3.12. The van der Waals surface area contributed by atoms with Gasteiger partial charge >= 0.3 is 0 Å². The minimum absolute atomic E-state index is 0.268. The van der Waals surface area contributed by atoms with Crippen LogP contribution in [0.3, 0.4) is 0 Å². The van der Waals surface area contributed by atoms with Crippen molar-refractivity contribution in [2.24, 2.45) is 13.0 Å². The third kappa shape index (κ3) is 2.84. The van der Waals surface area contributed by atoms with E-state index in [1.165, 1.54) is 25.1 Å². The molecule has 1 unspecified atom stereocenters. The number of rotatable bonds is 4. The molecule has 1 N–H and O–H groups in total. The molecule has 0 radical (unpaired) electrons. The van der Waals surface area contributed by atoms with Gasteiger partial charge in [-0.1, -0.05) is 0 Å². The van der Waals surface area contributed by atoms with E-state index in [1.54, 1.807) is 0 Å². The van der Waals surface area contributed by atoms with Crippen LogP contribution in [0.5, 0.6) is 0 Å². The summed E-state index contributed by atoms with van der Waals surface area (Å²) in [6, 6.07) is 2.85. The average molecular weight is 262 g/mol. The summed E-state index contributed by atoms with van der Waals surface area (Å²) < 4.78 is 1.99. The molecule has 1 aliphatic carbocycles. The topological polar surface area (TPSA) is 33.1 Å². The molecule has 1 atom stereocenters. The van der Waals surface area contributed by atoms with Crippen molar-refractivity contribution >= 4 is 0 Å². The van der Waals surface area contributed by atoms with Gasteiger partial charge in [-0.3, -0.25) is 9.58 Å². The van der Waals surface area contributed by atoms with Crippen LogP contribution in [0.1, 0.15) is 32.4 Å². The second kappa shape index (κ2) is 4.91. The lowest BCUT2D eigenvalue weighted by Gasteiger charge is -2.46. The van der Waals surface area contributed by atoms with E-state index >= 15 is 0 Å². The second-order valence-electron chi connectivity index (χ2n) is 6.78. The first-order chi connectivity index (χ1) is 9.06. The first kappa shape index (κ1) is 13.1. The molecular formula is C15H26N4. The molecule has 1 aromatic heterocycles. The first-order valence-corrected chi connectivity index (χ1v) is 7.51. The molecule has 4 nitrogen and oxygen atoms in total. The van der Waals surface area contributed by atoms with Crippen LogP contribution in [0, 0.1) is 5.92 Å². The predicted octanol–water partition coefficient (Wildman–Crippen LogP) is 1.42. The Labute approximate surface area is 116 Å². The van der Waals surface area contributed by atoms with E-state index in [1.807, 2.05) is 17.9 Å². The zero-order valence-corrected chi connectivity index (χ0v) is 12.4. The predicted molar refractivity (Wildman–Crippen MR) is 77.1 cm³/mol. The summed E-state index contributed by atoms with van der Waals surface area (Å²) >= 11 is 0. The molecular weight excluding hydrogens is 236 g/mol. The van der Waals surface area contributed by atoms with E-state index in [9.17, 15) is 0 Å². The van der Waals surface area contributed by atoms with Crippen LogP contribution in [0.2, 0.25) is 0 Å². The van der Waals surface area contributed by atoms with Crippen molar-refractivity contribution < 1.29 is 0 Å². The number of hydrogen-bond donors (Lipinski definition) is 1. The van der Waals surface area contributed by atoms with Gasteiger partial charge in [0.15, 0.2) is 0 Å². The van der Waals surface area contributed by atoms with Crippen LogP contribution < -0.4 is 5.32 Å². The third-order valence-electron chi connectivity index (χ3n) is 4.82. The fourth-order valence-electron chi connectivity index (χ4n) is 3.15. The van der Waals surface area contributed by atoms with E-state index in [4.69, 9.17) is 0 Å². The molecule has 2 heterocycles. The summed E-state index contributed by atoms with van der Waals surface area (Å²) in [7, 11) is 2.03. The molecule has 2 aliphatic rings. The van der Waals surface area contributed by atoms with Crippen LogP contribution in [-0.2, 0) is 13.5 Å². The van der Waals surface area contributed by atoms with Gasteiger partial charge in [-0.05, 0) is 38.7 Å².